The number of hydrogen-bond acceptors (Lipinski definition) is 3. The van der Waals surface area contributed by atoms with Gasteiger partial charge in [-0.15, -0.1) is 0 Å². The van der Waals surface area contributed by atoms with Gasteiger partial charge in [0.05, 0.1) is 0 Å². The highest BCUT2D eigenvalue weighted by Crippen LogP contribution is 2.33. The topological polar surface area (TPSA) is 27.3 Å². The molecule has 1 aliphatic rings. The second kappa shape index (κ2) is 14.2. The smallest absolute Gasteiger partial charge is 0.0419 e. The van der Waals surface area contributed by atoms with Crippen LogP contribution in [0.5, 0.6) is 0 Å². The lowest BCUT2D eigenvalue weighted by Crippen LogP contribution is -2.37. The van der Waals surface area contributed by atoms with Crippen molar-refractivity contribution in [1.82, 2.24) is 10.2 Å². The summed E-state index contributed by atoms with van der Waals surface area (Å²) in [4.78, 5) is 2.58. The molecule has 1 fully saturated rings. The van der Waals surface area contributed by atoms with Crippen molar-refractivity contribution in [2.24, 2.45) is 0 Å². The molecule has 3 nitrogen and oxygen atoms in total. The van der Waals surface area contributed by atoms with Crippen molar-refractivity contribution in [3.63, 3.8) is 0 Å². The van der Waals surface area contributed by atoms with E-state index in [2.05, 4.69) is 80.2 Å². The molecule has 1 aromatic carbocycles. The number of nitrogens with one attached hydrogen (secondary N) is 2. The minimum atomic E-state index is 0.653. The maximum absolute atomic E-state index is 4.30. The predicted octanol–water partition coefficient (Wildman–Crippen LogP) is 6.57. The van der Waals surface area contributed by atoms with Gasteiger partial charge in [-0.1, -0.05) is 51.6 Å². The predicted molar refractivity (Wildman–Crippen MR) is 136 cm³/mol. The van der Waals surface area contributed by atoms with Gasteiger partial charge >= 0.3 is 0 Å². The van der Waals surface area contributed by atoms with Gasteiger partial charge < -0.3 is 15.5 Å². The van der Waals surface area contributed by atoms with E-state index in [-0.39, 0.29) is 0 Å². The summed E-state index contributed by atoms with van der Waals surface area (Å²) in [7, 11) is 2.03. The first kappa shape index (κ1) is 26.2. The standard InChI is InChI=1S/C25H39N3.C2H6/c1-7-9-22(10-8-2)21(5)27-25-18-24(17-19(3)20(25)4)23-11-14-28(15-12-23)16-13-26-6;1-2/h7,9-10,17-18,23,26-27H,5,8,11-16H2,1-4,6H3;1-2H3/b9-7-,22-10+;. The quantitative estimate of drug-likeness (QED) is 0.450. The largest absolute Gasteiger partial charge is 0.355 e. The minimum Gasteiger partial charge on any atom is -0.355 e. The number of piperidine rings is 1. The monoisotopic (exact) mass is 411 g/mol. The molecule has 30 heavy (non-hydrogen) atoms. The maximum atomic E-state index is 4.30. The van der Waals surface area contributed by atoms with Crippen LogP contribution in [0.25, 0.3) is 0 Å². The zero-order valence-electron chi connectivity index (χ0n) is 20.6. The fourth-order valence-corrected chi connectivity index (χ4v) is 3.94. The Morgan fingerprint density at radius 3 is 2.43 bits per heavy atom. The molecule has 0 spiro atoms. The molecule has 0 aliphatic carbocycles. The Morgan fingerprint density at radius 1 is 1.20 bits per heavy atom. The molecule has 1 saturated heterocycles. The fourth-order valence-electron chi connectivity index (χ4n) is 3.94. The van der Waals surface area contributed by atoms with Crippen molar-refractivity contribution >= 4 is 5.69 Å². The van der Waals surface area contributed by atoms with E-state index < -0.39 is 0 Å². The van der Waals surface area contributed by atoms with Gasteiger partial charge in [-0.3, -0.25) is 0 Å². The van der Waals surface area contributed by atoms with Crippen molar-refractivity contribution in [2.45, 2.75) is 66.7 Å². The van der Waals surface area contributed by atoms with Crippen LogP contribution in [0, 0.1) is 13.8 Å². The zero-order chi connectivity index (χ0) is 22.5. The van der Waals surface area contributed by atoms with Gasteiger partial charge in [-0.2, -0.15) is 0 Å². The van der Waals surface area contributed by atoms with E-state index in [9.17, 15) is 0 Å². The molecule has 1 heterocycles. The number of hydrogen-bond donors (Lipinski definition) is 2. The molecular formula is C27H45N3. The summed E-state index contributed by atoms with van der Waals surface area (Å²) in [6.07, 6.45) is 9.92. The first-order chi connectivity index (χ1) is 14.5. The van der Waals surface area contributed by atoms with E-state index >= 15 is 0 Å². The van der Waals surface area contributed by atoms with Gasteiger partial charge in [0.1, 0.15) is 0 Å². The van der Waals surface area contributed by atoms with Gasteiger partial charge in [-0.25, -0.2) is 0 Å². The van der Waals surface area contributed by atoms with Gasteiger partial charge in [0.2, 0.25) is 0 Å². The molecule has 0 unspecified atom stereocenters. The number of likely N-dealkylation sites (N-methyl/N-ethyl adjacent to an activating group) is 1. The van der Waals surface area contributed by atoms with Crippen LogP contribution in [0.2, 0.25) is 0 Å². The highest BCUT2D eigenvalue weighted by molar-refractivity contribution is 5.62. The van der Waals surface area contributed by atoms with Crippen molar-refractivity contribution in [2.75, 3.05) is 38.5 Å². The van der Waals surface area contributed by atoms with Crippen LogP contribution in [0.4, 0.5) is 5.69 Å². The normalized spacial score (nSPS) is 15.8. The summed E-state index contributed by atoms with van der Waals surface area (Å²) in [6.45, 7) is 21.6. The van der Waals surface area contributed by atoms with Crippen molar-refractivity contribution < 1.29 is 0 Å². The van der Waals surface area contributed by atoms with E-state index in [0.29, 0.717) is 5.92 Å². The Hall–Kier alpha value is -1.84. The second-order valence-corrected chi connectivity index (χ2v) is 7.90. The van der Waals surface area contributed by atoms with Gasteiger partial charge in [-0.05, 0) is 94.4 Å². The Labute approximate surface area is 186 Å². The van der Waals surface area contributed by atoms with Crippen LogP contribution in [0.1, 0.15) is 69.6 Å². The number of benzene rings is 1. The van der Waals surface area contributed by atoms with Crippen LogP contribution in [-0.4, -0.2) is 38.1 Å². The van der Waals surface area contributed by atoms with Gasteiger partial charge in [0, 0.05) is 24.5 Å². The Bertz CT molecular complexity index is 707. The van der Waals surface area contributed by atoms with Crippen molar-refractivity contribution in [3.8, 4) is 0 Å². The van der Waals surface area contributed by atoms with Crippen LogP contribution in [0.15, 0.2) is 48.2 Å². The minimum absolute atomic E-state index is 0.653. The van der Waals surface area contributed by atoms with Crippen molar-refractivity contribution in [1.29, 1.82) is 0 Å². The zero-order valence-corrected chi connectivity index (χ0v) is 20.6. The lowest BCUT2D eigenvalue weighted by molar-refractivity contribution is 0.214. The Morgan fingerprint density at radius 2 is 1.87 bits per heavy atom. The summed E-state index contributed by atoms with van der Waals surface area (Å²) < 4.78 is 0. The first-order valence-electron chi connectivity index (χ1n) is 11.8. The molecule has 0 aromatic heterocycles. The molecular weight excluding hydrogens is 366 g/mol. The van der Waals surface area contributed by atoms with Gasteiger partial charge in [0.25, 0.3) is 0 Å². The van der Waals surface area contributed by atoms with Crippen molar-refractivity contribution in [3.05, 3.63) is 64.9 Å². The SMILES string of the molecule is C=C(Nc1cc(C2CCN(CCNC)CC2)cc(C)c1C)C(/C=C\C)=C/CC.CC. The molecule has 0 amide bonds. The highest BCUT2D eigenvalue weighted by atomic mass is 15.1. The van der Waals surface area contributed by atoms with E-state index in [1.807, 2.05) is 20.9 Å². The van der Waals surface area contributed by atoms with E-state index in [1.165, 1.54) is 53.9 Å². The average Bonchev–Trinajstić information content (AvgIpc) is 2.76. The lowest BCUT2D eigenvalue weighted by atomic mass is 9.87. The lowest BCUT2D eigenvalue weighted by Gasteiger charge is -2.32. The summed E-state index contributed by atoms with van der Waals surface area (Å²) in [6, 6.07) is 4.76. The third kappa shape index (κ3) is 7.77. The molecule has 0 atom stereocenters. The summed E-state index contributed by atoms with van der Waals surface area (Å²) in [5.74, 6) is 0.653. The summed E-state index contributed by atoms with van der Waals surface area (Å²) in [5, 5.41) is 6.86. The van der Waals surface area contributed by atoms with Crippen LogP contribution in [0.3, 0.4) is 0 Å². The number of anilines is 1. The number of likely N-dealkylation sites (tertiary alicyclic amines) is 1. The number of rotatable bonds is 9. The van der Waals surface area contributed by atoms with E-state index in [1.54, 1.807) is 0 Å². The molecule has 0 saturated carbocycles. The molecule has 168 valence electrons. The molecule has 2 rings (SSSR count). The first-order valence-corrected chi connectivity index (χ1v) is 11.8. The molecule has 2 N–H and O–H groups in total. The number of aryl methyl sites for hydroxylation is 1. The summed E-state index contributed by atoms with van der Waals surface area (Å²) >= 11 is 0. The van der Waals surface area contributed by atoms with Gasteiger partial charge in [0.15, 0.2) is 0 Å². The highest BCUT2D eigenvalue weighted by Gasteiger charge is 2.21. The van der Waals surface area contributed by atoms with Crippen LogP contribution in [-0.2, 0) is 0 Å². The molecule has 1 aliphatic heterocycles. The van der Waals surface area contributed by atoms with E-state index in [4.69, 9.17) is 0 Å². The number of allylic oxidation sites excluding steroid dienone is 3. The fraction of sp³-hybridized carbons (Fsp3) is 0.556. The second-order valence-electron chi connectivity index (χ2n) is 7.90. The van der Waals surface area contributed by atoms with Crippen LogP contribution < -0.4 is 10.6 Å². The Kier molecular flexibility index (Phi) is 12.4. The third-order valence-electron chi connectivity index (χ3n) is 5.83. The molecule has 3 heteroatoms. The third-order valence-corrected chi connectivity index (χ3v) is 5.83. The van der Waals surface area contributed by atoms with E-state index in [0.717, 1.165) is 25.2 Å². The number of nitrogens with zero attached hydrogens (tertiary/aromatic N) is 1. The molecule has 1 aromatic rings. The maximum Gasteiger partial charge on any atom is 0.0419 e. The molecule has 0 radical (unpaired) electrons. The van der Waals surface area contributed by atoms with Crippen LogP contribution >= 0.6 is 0 Å². The summed E-state index contributed by atoms with van der Waals surface area (Å²) in [5.41, 5.74) is 7.49. The average molecular weight is 412 g/mol. The molecule has 0 bridgehead atoms. The Balaban J connectivity index is 0.00000218.